The number of rotatable bonds is 8. The van der Waals surface area contributed by atoms with Gasteiger partial charge in [0.2, 0.25) is 15.9 Å². The molecule has 182 valence electrons. The van der Waals surface area contributed by atoms with E-state index >= 15 is 0 Å². The maximum atomic E-state index is 12.8. The van der Waals surface area contributed by atoms with Gasteiger partial charge in [-0.1, -0.05) is 53.5 Å². The van der Waals surface area contributed by atoms with Crippen LogP contribution in [0.5, 0.6) is 0 Å². The van der Waals surface area contributed by atoms with E-state index < -0.39 is 16.1 Å². The van der Waals surface area contributed by atoms with Crippen molar-refractivity contribution in [3.05, 3.63) is 63.6 Å². The first kappa shape index (κ1) is 26.0. The molecule has 2 amide bonds. The summed E-state index contributed by atoms with van der Waals surface area (Å²) >= 11 is 12.0. The summed E-state index contributed by atoms with van der Waals surface area (Å²) in [6.07, 6.45) is -1.07. The van der Waals surface area contributed by atoms with E-state index in [1.165, 1.54) is 35.0 Å². The molecule has 0 aliphatic carbocycles. The Balaban J connectivity index is 1.58. The fourth-order valence-electron chi connectivity index (χ4n) is 3.42. The Bertz CT molecular complexity index is 1220. The topological polar surface area (TPSA) is 111 Å². The zero-order valence-corrected chi connectivity index (χ0v) is 20.9. The second-order valence-electron chi connectivity index (χ2n) is 7.71. The van der Waals surface area contributed by atoms with E-state index in [9.17, 15) is 23.1 Å². The van der Waals surface area contributed by atoms with Crippen LogP contribution < -0.4 is 0 Å². The summed E-state index contributed by atoms with van der Waals surface area (Å²) in [4.78, 5) is 30.7. The van der Waals surface area contributed by atoms with Crippen molar-refractivity contribution in [2.24, 2.45) is 4.99 Å². The number of carbonyl (C=O) groups excluding carboxylic acids is 1. The first-order chi connectivity index (χ1) is 16.0. The second-order valence-corrected chi connectivity index (χ2v) is 10.5. The normalized spacial score (nSPS) is 13.8. The van der Waals surface area contributed by atoms with Crippen LogP contribution in [0.25, 0.3) is 0 Å². The maximum absolute atomic E-state index is 12.8. The van der Waals surface area contributed by atoms with Crippen molar-refractivity contribution in [3.8, 4) is 0 Å². The minimum absolute atomic E-state index is 0.0210. The van der Waals surface area contributed by atoms with E-state index in [0.717, 1.165) is 9.87 Å². The average Bonchev–Trinajstić information content (AvgIpc) is 3.29. The van der Waals surface area contributed by atoms with E-state index in [1.54, 1.807) is 31.3 Å². The number of amides is 2. The van der Waals surface area contributed by atoms with Gasteiger partial charge < -0.3 is 10.0 Å². The SMILES string of the molecule is CN(Cc1ccc(C2=NCCN2C(=O)O)cc1)C(=O)CCN(C)S(=O)(=O)c1cccc(Cl)c1Cl. The lowest BCUT2D eigenvalue weighted by atomic mass is 10.1. The van der Waals surface area contributed by atoms with Crippen LogP contribution >= 0.6 is 23.2 Å². The molecule has 0 fully saturated rings. The monoisotopic (exact) mass is 526 g/mol. The number of halogens is 2. The van der Waals surface area contributed by atoms with Crippen LogP contribution in [0.1, 0.15) is 17.5 Å². The van der Waals surface area contributed by atoms with Gasteiger partial charge in [0, 0.05) is 39.2 Å². The largest absolute Gasteiger partial charge is 0.465 e. The third-order valence-corrected chi connectivity index (χ3v) is 8.20. The highest BCUT2D eigenvalue weighted by atomic mass is 35.5. The molecular weight excluding hydrogens is 503 g/mol. The third kappa shape index (κ3) is 5.69. The predicted octanol–water partition coefficient (Wildman–Crippen LogP) is 3.40. The van der Waals surface area contributed by atoms with Crippen LogP contribution in [0.3, 0.4) is 0 Å². The molecule has 1 aliphatic heterocycles. The van der Waals surface area contributed by atoms with E-state index in [2.05, 4.69) is 4.99 Å². The summed E-state index contributed by atoms with van der Waals surface area (Å²) in [5.41, 5.74) is 1.52. The van der Waals surface area contributed by atoms with Gasteiger partial charge in [-0.05, 0) is 17.7 Å². The van der Waals surface area contributed by atoms with E-state index in [4.69, 9.17) is 23.2 Å². The minimum atomic E-state index is -3.91. The Morgan fingerprint density at radius 3 is 2.44 bits per heavy atom. The quantitative estimate of drug-likeness (QED) is 0.566. The number of benzene rings is 2. The highest BCUT2D eigenvalue weighted by Gasteiger charge is 2.26. The summed E-state index contributed by atoms with van der Waals surface area (Å²) < 4.78 is 26.7. The molecule has 2 aromatic carbocycles. The number of aliphatic imine (C=N–C) groups is 1. The van der Waals surface area contributed by atoms with Gasteiger partial charge in [0.05, 0.1) is 23.1 Å². The summed E-state index contributed by atoms with van der Waals surface area (Å²) in [5.74, 6) is 0.174. The number of hydrogen-bond acceptors (Lipinski definition) is 5. The molecule has 0 atom stereocenters. The molecule has 9 nitrogen and oxygen atoms in total. The van der Waals surface area contributed by atoms with Crippen LogP contribution in [0.2, 0.25) is 10.0 Å². The molecular formula is C22H24Cl2N4O5S. The van der Waals surface area contributed by atoms with Gasteiger partial charge in [0.15, 0.2) is 0 Å². The van der Waals surface area contributed by atoms with Gasteiger partial charge in [-0.2, -0.15) is 0 Å². The van der Waals surface area contributed by atoms with Gasteiger partial charge in [-0.15, -0.1) is 0 Å². The smallest absolute Gasteiger partial charge is 0.413 e. The van der Waals surface area contributed by atoms with Crippen LogP contribution in [0.4, 0.5) is 4.79 Å². The van der Waals surface area contributed by atoms with E-state index in [0.29, 0.717) is 31.0 Å². The molecule has 1 N–H and O–H groups in total. The lowest BCUT2D eigenvalue weighted by Gasteiger charge is -2.21. The molecule has 34 heavy (non-hydrogen) atoms. The molecule has 0 unspecified atom stereocenters. The number of hydrogen-bond donors (Lipinski definition) is 1. The van der Waals surface area contributed by atoms with Crippen molar-refractivity contribution in [1.82, 2.24) is 14.1 Å². The van der Waals surface area contributed by atoms with Crippen molar-refractivity contribution in [3.63, 3.8) is 0 Å². The molecule has 0 saturated carbocycles. The standard InChI is InChI=1S/C22H24Cl2N4O5S/c1-26(14-15-6-8-16(9-7-15)21-25-11-13-28(21)22(30)31)19(29)10-12-27(2)34(32,33)18-5-3-4-17(23)20(18)24/h3-9H,10-14H2,1-2H3,(H,30,31). The molecule has 3 rings (SSSR count). The number of nitrogens with zero attached hydrogens (tertiary/aromatic N) is 4. The van der Waals surface area contributed by atoms with Crippen LogP contribution in [-0.4, -0.2) is 79.2 Å². The number of sulfonamides is 1. The summed E-state index contributed by atoms with van der Waals surface area (Å²) in [6, 6.07) is 11.5. The number of amidine groups is 1. The zero-order chi connectivity index (χ0) is 25.0. The minimum Gasteiger partial charge on any atom is -0.465 e. The molecule has 1 aliphatic rings. The van der Waals surface area contributed by atoms with Crippen LogP contribution in [0, 0.1) is 0 Å². The molecule has 0 spiro atoms. The summed E-state index contributed by atoms with van der Waals surface area (Å²) in [7, 11) is -0.896. The van der Waals surface area contributed by atoms with Crippen molar-refractivity contribution < 1.29 is 23.1 Å². The Morgan fingerprint density at radius 1 is 1.12 bits per heavy atom. The molecule has 0 saturated heterocycles. The van der Waals surface area contributed by atoms with E-state index in [1.807, 2.05) is 0 Å². The Morgan fingerprint density at radius 2 is 1.79 bits per heavy atom. The second kappa shape index (κ2) is 10.7. The predicted molar refractivity (Wildman–Crippen MR) is 130 cm³/mol. The fraction of sp³-hybridized carbons (Fsp3) is 0.318. The van der Waals surface area contributed by atoms with Crippen molar-refractivity contribution in [2.45, 2.75) is 17.9 Å². The molecule has 12 heteroatoms. The first-order valence-electron chi connectivity index (χ1n) is 10.3. The zero-order valence-electron chi connectivity index (χ0n) is 18.6. The lowest BCUT2D eigenvalue weighted by molar-refractivity contribution is -0.130. The Hall–Kier alpha value is -2.66. The van der Waals surface area contributed by atoms with Crippen molar-refractivity contribution in [2.75, 3.05) is 33.7 Å². The summed E-state index contributed by atoms with van der Waals surface area (Å²) in [5, 5.41) is 9.33. The van der Waals surface area contributed by atoms with Crippen molar-refractivity contribution in [1.29, 1.82) is 0 Å². The van der Waals surface area contributed by atoms with E-state index in [-0.39, 0.29) is 33.8 Å². The molecule has 0 bridgehead atoms. The molecule has 1 heterocycles. The Kier molecular flexibility index (Phi) is 8.19. The van der Waals surface area contributed by atoms with Gasteiger partial charge in [0.25, 0.3) is 0 Å². The molecule has 0 radical (unpaired) electrons. The van der Waals surface area contributed by atoms with Crippen LogP contribution in [0.15, 0.2) is 52.4 Å². The molecule has 2 aromatic rings. The van der Waals surface area contributed by atoms with Gasteiger partial charge in [-0.3, -0.25) is 14.7 Å². The maximum Gasteiger partial charge on any atom is 0.413 e. The van der Waals surface area contributed by atoms with Crippen LogP contribution in [-0.2, 0) is 21.4 Å². The summed E-state index contributed by atoms with van der Waals surface area (Å²) in [6.45, 7) is 1.04. The van der Waals surface area contributed by atoms with Crippen molar-refractivity contribution >= 4 is 51.1 Å². The van der Waals surface area contributed by atoms with Gasteiger partial charge >= 0.3 is 6.09 Å². The first-order valence-corrected chi connectivity index (χ1v) is 12.5. The lowest BCUT2D eigenvalue weighted by Crippen LogP contribution is -2.34. The number of carboxylic acid groups (broad SMARTS) is 1. The highest BCUT2D eigenvalue weighted by molar-refractivity contribution is 7.89. The van der Waals surface area contributed by atoms with Gasteiger partial charge in [0.1, 0.15) is 10.7 Å². The van der Waals surface area contributed by atoms with Gasteiger partial charge in [-0.25, -0.2) is 17.5 Å². The average molecular weight is 527 g/mol. The Labute approximate surface area is 208 Å². The molecule has 0 aromatic heterocycles. The third-order valence-electron chi connectivity index (χ3n) is 5.37. The highest BCUT2D eigenvalue weighted by Crippen LogP contribution is 2.30. The number of carbonyl (C=O) groups is 2. The fourth-order valence-corrected chi connectivity index (χ4v) is 5.32.